The molecule has 0 radical (unpaired) electrons. The van der Waals surface area contributed by atoms with E-state index in [1.165, 1.54) is 0 Å². The van der Waals surface area contributed by atoms with Crippen molar-refractivity contribution in [1.29, 1.82) is 0 Å². The molecule has 0 spiro atoms. The highest BCUT2D eigenvalue weighted by Crippen LogP contribution is 2.07. The van der Waals surface area contributed by atoms with Crippen LogP contribution < -0.4 is 0 Å². The van der Waals surface area contributed by atoms with Gasteiger partial charge < -0.3 is 0 Å². The van der Waals surface area contributed by atoms with Gasteiger partial charge in [-0.25, -0.2) is 8.42 Å². The molecule has 68 valence electrons. The van der Waals surface area contributed by atoms with Gasteiger partial charge in [0.1, 0.15) is 0 Å². The van der Waals surface area contributed by atoms with Crippen LogP contribution in [0.4, 0.5) is 0 Å². The first-order valence-electron chi connectivity index (χ1n) is 3.82. The SMILES string of the molecule is CCC(C)S(=O)(=O)CCCCl. The van der Waals surface area contributed by atoms with Gasteiger partial charge in [-0.05, 0) is 19.8 Å². The van der Waals surface area contributed by atoms with E-state index in [0.29, 0.717) is 18.7 Å². The van der Waals surface area contributed by atoms with Gasteiger partial charge in [0.2, 0.25) is 0 Å². The van der Waals surface area contributed by atoms with Gasteiger partial charge in [0.15, 0.2) is 9.84 Å². The van der Waals surface area contributed by atoms with E-state index < -0.39 is 9.84 Å². The van der Waals surface area contributed by atoms with E-state index in [1.807, 2.05) is 6.92 Å². The van der Waals surface area contributed by atoms with Gasteiger partial charge in [-0.15, -0.1) is 11.6 Å². The zero-order valence-corrected chi connectivity index (χ0v) is 8.58. The standard InChI is InChI=1S/C7H15ClO2S/c1-3-7(2)11(9,10)6-4-5-8/h7H,3-6H2,1-2H3. The van der Waals surface area contributed by atoms with Crippen LogP contribution in [0.5, 0.6) is 0 Å². The molecule has 1 atom stereocenters. The lowest BCUT2D eigenvalue weighted by molar-refractivity contribution is 0.580. The predicted octanol–water partition coefficient (Wildman–Crippen LogP) is 1.83. The van der Waals surface area contributed by atoms with Crippen molar-refractivity contribution >= 4 is 21.4 Å². The molecular formula is C7H15ClO2S. The van der Waals surface area contributed by atoms with Crippen LogP contribution in [-0.4, -0.2) is 25.3 Å². The lowest BCUT2D eigenvalue weighted by Gasteiger charge is -2.08. The first-order chi connectivity index (χ1) is 5.04. The Kier molecular flexibility index (Phi) is 5.10. The molecule has 0 aliphatic heterocycles. The molecule has 11 heavy (non-hydrogen) atoms. The Bertz CT molecular complexity index is 187. The van der Waals surface area contributed by atoms with Gasteiger partial charge in [-0.2, -0.15) is 0 Å². The first kappa shape index (κ1) is 11.2. The van der Waals surface area contributed by atoms with E-state index >= 15 is 0 Å². The van der Waals surface area contributed by atoms with E-state index in [4.69, 9.17) is 11.6 Å². The van der Waals surface area contributed by atoms with Gasteiger partial charge in [-0.1, -0.05) is 6.92 Å². The number of sulfone groups is 1. The van der Waals surface area contributed by atoms with E-state index in [9.17, 15) is 8.42 Å². The summed E-state index contributed by atoms with van der Waals surface area (Å²) in [6.07, 6.45) is 1.25. The fourth-order valence-electron chi connectivity index (χ4n) is 0.711. The molecule has 0 saturated carbocycles. The molecular weight excluding hydrogens is 184 g/mol. The Balaban J connectivity index is 4.01. The molecule has 0 aromatic rings. The van der Waals surface area contributed by atoms with Crippen LogP contribution in [-0.2, 0) is 9.84 Å². The van der Waals surface area contributed by atoms with Crippen LogP contribution in [0.15, 0.2) is 0 Å². The van der Waals surface area contributed by atoms with Gasteiger partial charge in [0, 0.05) is 5.88 Å². The van der Waals surface area contributed by atoms with Crippen LogP contribution >= 0.6 is 11.6 Å². The van der Waals surface area contributed by atoms with E-state index in [0.717, 1.165) is 0 Å². The van der Waals surface area contributed by atoms with Crippen molar-refractivity contribution in [2.45, 2.75) is 31.9 Å². The normalized spacial score (nSPS) is 14.8. The van der Waals surface area contributed by atoms with Crippen molar-refractivity contribution in [2.24, 2.45) is 0 Å². The largest absolute Gasteiger partial charge is 0.229 e. The second-order valence-corrected chi connectivity index (χ2v) is 5.55. The maximum Gasteiger partial charge on any atom is 0.152 e. The maximum atomic E-state index is 11.3. The third-order valence-electron chi connectivity index (χ3n) is 1.75. The molecule has 0 aliphatic rings. The number of alkyl halides is 1. The zero-order chi connectivity index (χ0) is 8.91. The molecule has 0 N–H and O–H groups in total. The third kappa shape index (κ3) is 3.97. The van der Waals surface area contributed by atoms with Crippen molar-refractivity contribution in [3.63, 3.8) is 0 Å². The van der Waals surface area contributed by atoms with Crippen molar-refractivity contribution < 1.29 is 8.42 Å². The summed E-state index contributed by atoms with van der Waals surface area (Å²) in [6, 6.07) is 0. The van der Waals surface area contributed by atoms with Crippen LogP contribution in [0.1, 0.15) is 26.7 Å². The summed E-state index contributed by atoms with van der Waals surface area (Å²) >= 11 is 5.39. The molecule has 0 saturated heterocycles. The van der Waals surface area contributed by atoms with Gasteiger partial charge >= 0.3 is 0 Å². The molecule has 0 aromatic carbocycles. The third-order valence-corrected chi connectivity index (χ3v) is 4.43. The molecule has 0 rings (SSSR count). The molecule has 4 heteroatoms. The van der Waals surface area contributed by atoms with Crippen LogP contribution in [0.25, 0.3) is 0 Å². The minimum absolute atomic E-state index is 0.217. The van der Waals surface area contributed by atoms with Gasteiger partial charge in [0.05, 0.1) is 11.0 Å². The monoisotopic (exact) mass is 198 g/mol. The molecule has 0 amide bonds. The number of rotatable bonds is 5. The molecule has 2 nitrogen and oxygen atoms in total. The summed E-state index contributed by atoms with van der Waals surface area (Å²) in [5.74, 6) is 0.654. The number of hydrogen-bond acceptors (Lipinski definition) is 2. The maximum absolute atomic E-state index is 11.3. The summed E-state index contributed by atoms with van der Waals surface area (Å²) in [5, 5.41) is -0.217. The van der Waals surface area contributed by atoms with Crippen LogP contribution in [0, 0.1) is 0 Å². The van der Waals surface area contributed by atoms with Crippen molar-refractivity contribution in [1.82, 2.24) is 0 Å². The molecule has 0 aliphatic carbocycles. The van der Waals surface area contributed by atoms with Gasteiger partial charge in [0.25, 0.3) is 0 Å². The molecule has 0 aromatic heterocycles. The zero-order valence-electron chi connectivity index (χ0n) is 7.01. The lowest BCUT2D eigenvalue weighted by atomic mass is 10.4. The summed E-state index contributed by atoms with van der Waals surface area (Å²) in [4.78, 5) is 0. The van der Waals surface area contributed by atoms with Crippen molar-refractivity contribution in [2.75, 3.05) is 11.6 Å². The number of hydrogen-bond donors (Lipinski definition) is 0. The minimum atomic E-state index is -2.86. The fraction of sp³-hybridized carbons (Fsp3) is 1.00. The molecule has 0 heterocycles. The fourth-order valence-corrected chi connectivity index (χ4v) is 2.46. The Morgan fingerprint density at radius 1 is 1.45 bits per heavy atom. The Labute approximate surface area is 73.9 Å². The van der Waals surface area contributed by atoms with Crippen LogP contribution in [0.3, 0.4) is 0 Å². The molecule has 1 unspecified atom stereocenters. The lowest BCUT2D eigenvalue weighted by Crippen LogP contribution is -2.20. The van der Waals surface area contributed by atoms with Crippen molar-refractivity contribution in [3.8, 4) is 0 Å². The highest BCUT2D eigenvalue weighted by Gasteiger charge is 2.17. The average Bonchev–Trinajstić information content (AvgIpc) is 1.99. The first-order valence-corrected chi connectivity index (χ1v) is 6.07. The van der Waals surface area contributed by atoms with E-state index in [-0.39, 0.29) is 11.0 Å². The molecule has 0 fully saturated rings. The van der Waals surface area contributed by atoms with Gasteiger partial charge in [-0.3, -0.25) is 0 Å². The topological polar surface area (TPSA) is 34.1 Å². The minimum Gasteiger partial charge on any atom is -0.229 e. The summed E-state index contributed by atoms with van der Waals surface area (Å²) in [7, 11) is -2.86. The quantitative estimate of drug-likeness (QED) is 0.632. The van der Waals surface area contributed by atoms with E-state index in [2.05, 4.69) is 0 Å². The Hall–Kier alpha value is 0.240. The predicted molar refractivity (Wildman–Crippen MR) is 48.9 cm³/mol. The van der Waals surface area contributed by atoms with E-state index in [1.54, 1.807) is 6.92 Å². The summed E-state index contributed by atoms with van der Waals surface area (Å²) < 4.78 is 22.5. The average molecular weight is 199 g/mol. The van der Waals surface area contributed by atoms with Crippen LogP contribution in [0.2, 0.25) is 0 Å². The Morgan fingerprint density at radius 2 is 2.00 bits per heavy atom. The second-order valence-electron chi connectivity index (χ2n) is 2.63. The highest BCUT2D eigenvalue weighted by atomic mass is 35.5. The highest BCUT2D eigenvalue weighted by molar-refractivity contribution is 7.91. The second kappa shape index (κ2) is 4.99. The number of halogens is 1. The van der Waals surface area contributed by atoms with Crippen molar-refractivity contribution in [3.05, 3.63) is 0 Å². The Morgan fingerprint density at radius 3 is 2.36 bits per heavy atom. The molecule has 0 bridgehead atoms. The smallest absolute Gasteiger partial charge is 0.152 e. The summed E-state index contributed by atoms with van der Waals surface area (Å²) in [5.41, 5.74) is 0. The summed E-state index contributed by atoms with van der Waals surface area (Å²) in [6.45, 7) is 3.62.